The predicted molar refractivity (Wildman–Crippen MR) is 67.4 cm³/mol. The van der Waals surface area contributed by atoms with Crippen molar-refractivity contribution in [2.24, 2.45) is 0 Å². The lowest BCUT2D eigenvalue weighted by Gasteiger charge is -2.26. The van der Waals surface area contributed by atoms with E-state index in [4.69, 9.17) is 5.11 Å². The molecule has 0 saturated heterocycles. The average molecular weight is 283 g/mol. The second-order valence-corrected chi connectivity index (χ2v) is 5.04. The van der Waals surface area contributed by atoms with E-state index in [0.717, 1.165) is 11.0 Å². The van der Waals surface area contributed by atoms with Crippen LogP contribution in [-0.2, 0) is 4.79 Å². The number of carboxylic acids is 1. The van der Waals surface area contributed by atoms with Crippen molar-refractivity contribution < 1.29 is 23.5 Å². The zero-order valence-electron chi connectivity index (χ0n) is 11.2. The van der Waals surface area contributed by atoms with Gasteiger partial charge in [0.15, 0.2) is 0 Å². The smallest absolute Gasteiger partial charge is 0.326 e. The zero-order chi connectivity index (χ0) is 15.0. The molecule has 1 fully saturated rings. The van der Waals surface area contributed by atoms with Crippen LogP contribution in [0.5, 0.6) is 0 Å². The van der Waals surface area contributed by atoms with Crippen molar-refractivity contribution in [2.45, 2.75) is 38.8 Å². The predicted octanol–water partition coefficient (Wildman–Crippen LogP) is 2.35. The third-order valence-corrected chi connectivity index (χ3v) is 3.43. The SMILES string of the molecule is Cc1cc(C(=O)N(C2CC2)C(C)C(=O)O)c(F)cc1F. The van der Waals surface area contributed by atoms with Gasteiger partial charge in [-0.15, -0.1) is 0 Å². The number of aryl methyl sites for hydroxylation is 1. The number of carboxylic acid groups (broad SMARTS) is 1. The number of nitrogens with zero attached hydrogens (tertiary/aromatic N) is 1. The van der Waals surface area contributed by atoms with Crippen LogP contribution < -0.4 is 0 Å². The van der Waals surface area contributed by atoms with Crippen LogP contribution in [0.25, 0.3) is 0 Å². The fourth-order valence-corrected chi connectivity index (χ4v) is 2.09. The summed E-state index contributed by atoms with van der Waals surface area (Å²) in [6, 6.07) is 0.550. The highest BCUT2D eigenvalue weighted by Gasteiger charge is 2.39. The van der Waals surface area contributed by atoms with E-state index < -0.39 is 29.6 Å². The van der Waals surface area contributed by atoms with Crippen LogP contribution in [0.1, 0.15) is 35.7 Å². The maximum absolute atomic E-state index is 13.8. The number of hydrogen-bond donors (Lipinski definition) is 1. The van der Waals surface area contributed by atoms with E-state index in [1.807, 2.05) is 0 Å². The van der Waals surface area contributed by atoms with Gasteiger partial charge in [-0.25, -0.2) is 13.6 Å². The summed E-state index contributed by atoms with van der Waals surface area (Å²) in [6.07, 6.45) is 1.40. The van der Waals surface area contributed by atoms with Gasteiger partial charge in [0.1, 0.15) is 17.7 Å². The molecule has 0 aromatic heterocycles. The third kappa shape index (κ3) is 2.64. The van der Waals surface area contributed by atoms with Gasteiger partial charge in [0.05, 0.1) is 5.56 Å². The van der Waals surface area contributed by atoms with Crippen molar-refractivity contribution in [3.8, 4) is 0 Å². The Labute approximate surface area is 115 Å². The van der Waals surface area contributed by atoms with E-state index in [2.05, 4.69) is 0 Å². The van der Waals surface area contributed by atoms with E-state index in [-0.39, 0.29) is 17.2 Å². The normalized spacial score (nSPS) is 15.8. The minimum Gasteiger partial charge on any atom is -0.480 e. The van der Waals surface area contributed by atoms with Crippen molar-refractivity contribution >= 4 is 11.9 Å². The summed E-state index contributed by atoms with van der Waals surface area (Å²) in [4.78, 5) is 24.6. The summed E-state index contributed by atoms with van der Waals surface area (Å²) < 4.78 is 27.0. The number of rotatable bonds is 4. The first kappa shape index (κ1) is 14.4. The molecule has 0 bridgehead atoms. The fraction of sp³-hybridized carbons (Fsp3) is 0.429. The first-order valence-corrected chi connectivity index (χ1v) is 6.34. The molecule has 1 unspecified atom stereocenters. The molecular formula is C14H15F2NO3. The monoisotopic (exact) mass is 283 g/mol. The quantitative estimate of drug-likeness (QED) is 0.922. The first-order chi connectivity index (χ1) is 9.32. The highest BCUT2D eigenvalue weighted by Crippen LogP contribution is 2.31. The molecule has 20 heavy (non-hydrogen) atoms. The van der Waals surface area contributed by atoms with Crippen LogP contribution in [-0.4, -0.2) is 34.0 Å². The Balaban J connectivity index is 2.37. The number of halogens is 2. The molecule has 1 aliphatic carbocycles. The standard InChI is InChI=1S/C14H15F2NO3/c1-7-5-10(12(16)6-11(7)15)13(18)17(9-3-4-9)8(2)14(19)20/h5-6,8-9H,3-4H2,1-2H3,(H,19,20). The maximum atomic E-state index is 13.8. The zero-order valence-corrected chi connectivity index (χ0v) is 11.2. The van der Waals surface area contributed by atoms with Gasteiger partial charge in [-0.2, -0.15) is 0 Å². The van der Waals surface area contributed by atoms with Gasteiger partial charge in [-0.05, 0) is 38.3 Å². The molecule has 1 aromatic carbocycles. The van der Waals surface area contributed by atoms with Gasteiger partial charge >= 0.3 is 5.97 Å². The molecule has 0 radical (unpaired) electrons. The van der Waals surface area contributed by atoms with Gasteiger partial charge in [0.2, 0.25) is 0 Å². The number of aliphatic carboxylic acids is 1. The molecule has 1 N–H and O–H groups in total. The topological polar surface area (TPSA) is 57.6 Å². The number of hydrogen-bond acceptors (Lipinski definition) is 2. The average Bonchev–Trinajstić information content (AvgIpc) is 3.18. The van der Waals surface area contributed by atoms with E-state index >= 15 is 0 Å². The van der Waals surface area contributed by atoms with Gasteiger partial charge in [-0.3, -0.25) is 4.79 Å². The van der Waals surface area contributed by atoms with Crippen LogP contribution in [0.2, 0.25) is 0 Å². The lowest BCUT2D eigenvalue weighted by atomic mass is 10.1. The molecule has 1 saturated carbocycles. The second kappa shape index (κ2) is 5.19. The number of carbonyl (C=O) groups excluding carboxylic acids is 1. The molecule has 4 nitrogen and oxygen atoms in total. The van der Waals surface area contributed by atoms with Gasteiger partial charge in [0, 0.05) is 12.1 Å². The Bertz CT molecular complexity index is 570. The van der Waals surface area contributed by atoms with Crippen molar-refractivity contribution in [1.82, 2.24) is 4.90 Å². The van der Waals surface area contributed by atoms with E-state index in [9.17, 15) is 18.4 Å². The van der Waals surface area contributed by atoms with Crippen LogP contribution in [0.4, 0.5) is 8.78 Å². The number of amides is 1. The van der Waals surface area contributed by atoms with Crippen LogP contribution in [0.3, 0.4) is 0 Å². The van der Waals surface area contributed by atoms with Crippen molar-refractivity contribution in [3.05, 3.63) is 34.9 Å². The minimum atomic E-state index is -1.15. The molecule has 1 amide bonds. The Morgan fingerprint density at radius 3 is 2.40 bits per heavy atom. The largest absolute Gasteiger partial charge is 0.480 e. The molecule has 0 heterocycles. The summed E-state index contributed by atoms with van der Waals surface area (Å²) in [5, 5.41) is 9.05. The van der Waals surface area contributed by atoms with Gasteiger partial charge in [-0.1, -0.05) is 0 Å². The van der Waals surface area contributed by atoms with Crippen LogP contribution in [0, 0.1) is 18.6 Å². The molecule has 108 valence electrons. The van der Waals surface area contributed by atoms with Crippen molar-refractivity contribution in [3.63, 3.8) is 0 Å². The Morgan fingerprint density at radius 1 is 1.30 bits per heavy atom. The lowest BCUT2D eigenvalue weighted by molar-refractivity contribution is -0.141. The van der Waals surface area contributed by atoms with Crippen LogP contribution in [0.15, 0.2) is 12.1 Å². The molecular weight excluding hydrogens is 268 g/mol. The van der Waals surface area contributed by atoms with Crippen molar-refractivity contribution in [1.29, 1.82) is 0 Å². The summed E-state index contributed by atoms with van der Waals surface area (Å²) in [5.74, 6) is -3.56. The molecule has 1 aliphatic rings. The van der Waals surface area contributed by atoms with Crippen molar-refractivity contribution in [2.75, 3.05) is 0 Å². The summed E-state index contributed by atoms with van der Waals surface area (Å²) in [5.41, 5.74) is -0.141. The molecule has 2 rings (SSSR count). The molecule has 6 heteroatoms. The van der Waals surface area contributed by atoms with Crippen LogP contribution >= 0.6 is 0 Å². The molecule has 0 spiro atoms. The summed E-state index contributed by atoms with van der Waals surface area (Å²) in [6.45, 7) is 2.81. The fourth-order valence-electron chi connectivity index (χ4n) is 2.09. The van der Waals surface area contributed by atoms with E-state index in [0.29, 0.717) is 18.9 Å². The Morgan fingerprint density at radius 2 is 1.90 bits per heavy atom. The summed E-state index contributed by atoms with van der Waals surface area (Å²) in [7, 11) is 0. The Hall–Kier alpha value is -1.98. The first-order valence-electron chi connectivity index (χ1n) is 6.34. The molecule has 1 atom stereocenters. The van der Waals surface area contributed by atoms with Gasteiger partial charge in [0.25, 0.3) is 5.91 Å². The minimum absolute atomic E-state index is 0.147. The number of benzene rings is 1. The number of carbonyl (C=O) groups is 2. The molecule has 0 aliphatic heterocycles. The maximum Gasteiger partial charge on any atom is 0.326 e. The Kier molecular flexibility index (Phi) is 3.74. The highest BCUT2D eigenvalue weighted by atomic mass is 19.1. The summed E-state index contributed by atoms with van der Waals surface area (Å²) >= 11 is 0. The highest BCUT2D eigenvalue weighted by molar-refractivity contribution is 5.97. The van der Waals surface area contributed by atoms with E-state index in [1.54, 1.807) is 0 Å². The molecule has 1 aromatic rings. The third-order valence-electron chi connectivity index (χ3n) is 3.43. The van der Waals surface area contributed by atoms with Gasteiger partial charge < -0.3 is 10.0 Å². The second-order valence-electron chi connectivity index (χ2n) is 5.04. The van der Waals surface area contributed by atoms with E-state index in [1.165, 1.54) is 13.8 Å². The lowest BCUT2D eigenvalue weighted by Crippen LogP contribution is -2.45.